The molecule has 17 heavy (non-hydrogen) atoms. The van der Waals surface area contributed by atoms with Gasteiger partial charge in [0.25, 0.3) is 0 Å². The van der Waals surface area contributed by atoms with E-state index in [1.165, 1.54) is 12.1 Å². The molecule has 3 nitrogen and oxygen atoms in total. The van der Waals surface area contributed by atoms with Gasteiger partial charge in [-0.05, 0) is 37.5 Å². The molecule has 1 aromatic carbocycles. The third-order valence-corrected chi connectivity index (χ3v) is 3.45. The number of rotatable bonds is 3. The molecule has 0 atom stereocenters. The van der Waals surface area contributed by atoms with E-state index in [0.29, 0.717) is 23.4 Å². The number of aliphatic hydroxyl groups excluding tert-OH is 1. The van der Waals surface area contributed by atoms with E-state index in [9.17, 15) is 9.18 Å². The molecule has 0 heterocycles. The maximum Gasteiger partial charge on any atom is 0.232 e. The Morgan fingerprint density at radius 2 is 2.24 bits per heavy atom. The van der Waals surface area contributed by atoms with Crippen molar-refractivity contribution in [3.05, 3.63) is 28.5 Å². The first-order valence-electron chi connectivity index (χ1n) is 5.36. The zero-order valence-corrected chi connectivity index (χ0v) is 10.1. The zero-order valence-electron chi connectivity index (χ0n) is 9.39. The molecule has 5 heteroatoms. The number of aliphatic hydroxyl groups is 1. The average molecular weight is 258 g/mol. The molecule has 2 N–H and O–H groups in total. The van der Waals surface area contributed by atoms with E-state index in [4.69, 9.17) is 16.7 Å². The maximum absolute atomic E-state index is 13.3. The van der Waals surface area contributed by atoms with Gasteiger partial charge >= 0.3 is 0 Å². The maximum atomic E-state index is 13.3. The van der Waals surface area contributed by atoms with Crippen molar-refractivity contribution in [3.63, 3.8) is 0 Å². The molecule has 1 amide bonds. The number of benzene rings is 1. The minimum absolute atomic E-state index is 0.190. The van der Waals surface area contributed by atoms with Crippen molar-refractivity contribution in [3.8, 4) is 0 Å². The summed E-state index contributed by atoms with van der Waals surface area (Å²) in [5.41, 5.74) is -0.0131. The van der Waals surface area contributed by atoms with Crippen molar-refractivity contribution in [2.24, 2.45) is 5.41 Å². The van der Waals surface area contributed by atoms with Crippen LogP contribution in [0, 0.1) is 18.2 Å². The molecule has 0 radical (unpaired) electrons. The van der Waals surface area contributed by atoms with E-state index in [2.05, 4.69) is 5.32 Å². The second-order valence-corrected chi connectivity index (χ2v) is 4.88. The van der Waals surface area contributed by atoms with Gasteiger partial charge in [-0.1, -0.05) is 11.6 Å². The van der Waals surface area contributed by atoms with E-state index >= 15 is 0 Å². The molecule has 2 rings (SSSR count). The Morgan fingerprint density at radius 1 is 1.59 bits per heavy atom. The largest absolute Gasteiger partial charge is 0.395 e. The monoisotopic (exact) mass is 257 g/mol. The Bertz CT molecular complexity index is 472. The highest BCUT2D eigenvalue weighted by Gasteiger charge is 2.49. The van der Waals surface area contributed by atoms with Gasteiger partial charge in [0.05, 0.1) is 22.7 Å². The van der Waals surface area contributed by atoms with Crippen LogP contribution in [0.4, 0.5) is 10.1 Å². The topological polar surface area (TPSA) is 49.3 Å². The third-order valence-electron chi connectivity index (χ3n) is 3.13. The van der Waals surface area contributed by atoms with Gasteiger partial charge in [-0.25, -0.2) is 4.39 Å². The molecule has 1 aliphatic carbocycles. The van der Waals surface area contributed by atoms with E-state index < -0.39 is 11.2 Å². The van der Waals surface area contributed by atoms with Crippen LogP contribution in [0.1, 0.15) is 18.4 Å². The number of hydrogen-bond acceptors (Lipinski definition) is 2. The summed E-state index contributed by atoms with van der Waals surface area (Å²) in [4.78, 5) is 11.8. The van der Waals surface area contributed by atoms with Crippen LogP contribution >= 0.6 is 11.6 Å². The van der Waals surface area contributed by atoms with Gasteiger partial charge in [0.2, 0.25) is 5.91 Å². The molecular weight excluding hydrogens is 245 g/mol. The van der Waals surface area contributed by atoms with E-state index in [1.54, 1.807) is 6.92 Å². The van der Waals surface area contributed by atoms with Gasteiger partial charge in [0, 0.05) is 0 Å². The molecule has 1 fully saturated rings. The average Bonchev–Trinajstić information content (AvgIpc) is 3.06. The van der Waals surface area contributed by atoms with Gasteiger partial charge in [-0.15, -0.1) is 0 Å². The number of hydrogen-bond donors (Lipinski definition) is 2. The van der Waals surface area contributed by atoms with Crippen LogP contribution in [0.2, 0.25) is 5.02 Å². The lowest BCUT2D eigenvalue weighted by atomic mass is 10.1. The second-order valence-electron chi connectivity index (χ2n) is 4.47. The van der Waals surface area contributed by atoms with Gasteiger partial charge in [-0.2, -0.15) is 0 Å². The molecule has 0 saturated heterocycles. The summed E-state index contributed by atoms with van der Waals surface area (Å²) < 4.78 is 13.3. The van der Waals surface area contributed by atoms with Gasteiger partial charge in [0.1, 0.15) is 5.82 Å². The molecular formula is C12H13ClFNO2. The van der Waals surface area contributed by atoms with Crippen LogP contribution in [0.15, 0.2) is 12.1 Å². The summed E-state index contributed by atoms with van der Waals surface area (Å²) in [7, 11) is 0. The van der Waals surface area contributed by atoms with Crippen molar-refractivity contribution in [1.82, 2.24) is 0 Å². The van der Waals surface area contributed by atoms with Crippen molar-refractivity contribution in [2.45, 2.75) is 19.8 Å². The van der Waals surface area contributed by atoms with Crippen LogP contribution < -0.4 is 5.32 Å². The van der Waals surface area contributed by atoms with E-state index in [1.807, 2.05) is 0 Å². The normalized spacial score (nSPS) is 16.7. The highest BCUT2D eigenvalue weighted by atomic mass is 35.5. The first-order valence-corrected chi connectivity index (χ1v) is 5.74. The lowest BCUT2D eigenvalue weighted by Crippen LogP contribution is -2.27. The number of halogens is 2. The highest BCUT2D eigenvalue weighted by molar-refractivity contribution is 6.33. The Balaban J connectivity index is 2.19. The minimum atomic E-state index is -0.690. The molecule has 1 saturated carbocycles. The standard InChI is InChI=1S/C12H13ClFNO2/c1-7-4-8(13)10(5-9(7)14)15-11(17)12(6-16)2-3-12/h4-5,16H,2-3,6H2,1H3,(H,15,17). The molecule has 0 spiro atoms. The van der Waals surface area contributed by atoms with Crippen LogP contribution in [0.3, 0.4) is 0 Å². The van der Waals surface area contributed by atoms with Crippen molar-refractivity contribution < 1.29 is 14.3 Å². The van der Waals surface area contributed by atoms with Gasteiger partial charge in [0.15, 0.2) is 0 Å². The number of amides is 1. The van der Waals surface area contributed by atoms with Gasteiger partial charge in [-0.3, -0.25) is 4.79 Å². The fraction of sp³-hybridized carbons (Fsp3) is 0.417. The number of aryl methyl sites for hydroxylation is 1. The number of carbonyl (C=O) groups excluding carboxylic acids is 1. The van der Waals surface area contributed by atoms with Crippen molar-refractivity contribution >= 4 is 23.2 Å². The molecule has 0 aromatic heterocycles. The Hall–Kier alpha value is -1.13. The summed E-state index contributed by atoms with van der Waals surface area (Å²) in [6, 6.07) is 2.66. The second kappa shape index (κ2) is 4.27. The molecule has 1 aromatic rings. The van der Waals surface area contributed by atoms with E-state index in [-0.39, 0.29) is 18.2 Å². The quantitative estimate of drug-likeness (QED) is 0.874. The first-order chi connectivity index (χ1) is 7.98. The summed E-state index contributed by atoms with van der Waals surface area (Å²) in [5, 5.41) is 12.0. The highest BCUT2D eigenvalue weighted by Crippen LogP contribution is 2.46. The molecule has 0 unspecified atom stereocenters. The minimum Gasteiger partial charge on any atom is -0.395 e. The molecule has 0 aliphatic heterocycles. The smallest absolute Gasteiger partial charge is 0.232 e. The fourth-order valence-corrected chi connectivity index (χ4v) is 1.87. The predicted molar refractivity (Wildman–Crippen MR) is 63.5 cm³/mol. The van der Waals surface area contributed by atoms with Crippen LogP contribution in [-0.4, -0.2) is 17.6 Å². The summed E-state index contributed by atoms with van der Waals surface area (Å²) in [5.74, 6) is -0.719. The Morgan fingerprint density at radius 3 is 2.76 bits per heavy atom. The Labute approximate surface area is 104 Å². The molecule has 92 valence electrons. The van der Waals surface area contributed by atoms with Crippen LogP contribution in [-0.2, 0) is 4.79 Å². The molecule has 1 aliphatic rings. The number of anilines is 1. The lowest BCUT2D eigenvalue weighted by molar-refractivity contribution is -0.122. The SMILES string of the molecule is Cc1cc(Cl)c(NC(=O)C2(CO)CC2)cc1F. The summed E-state index contributed by atoms with van der Waals surface area (Å²) in [6.07, 6.45) is 1.31. The van der Waals surface area contributed by atoms with Crippen LogP contribution in [0.25, 0.3) is 0 Å². The number of carbonyl (C=O) groups is 1. The van der Waals surface area contributed by atoms with Crippen LogP contribution in [0.5, 0.6) is 0 Å². The van der Waals surface area contributed by atoms with Gasteiger partial charge < -0.3 is 10.4 Å². The predicted octanol–water partition coefficient (Wildman–Crippen LogP) is 2.50. The first kappa shape index (κ1) is 12.3. The number of nitrogens with one attached hydrogen (secondary N) is 1. The van der Waals surface area contributed by atoms with Crippen molar-refractivity contribution in [1.29, 1.82) is 0 Å². The zero-order chi connectivity index (χ0) is 12.6. The summed E-state index contributed by atoms with van der Waals surface area (Å²) in [6.45, 7) is 1.41. The molecule has 0 bridgehead atoms. The lowest BCUT2D eigenvalue weighted by Gasteiger charge is -2.13. The third kappa shape index (κ3) is 2.28. The summed E-state index contributed by atoms with van der Waals surface area (Å²) >= 11 is 5.92. The van der Waals surface area contributed by atoms with E-state index in [0.717, 1.165) is 0 Å². The fourth-order valence-electron chi connectivity index (χ4n) is 1.60. The van der Waals surface area contributed by atoms with Crippen molar-refractivity contribution in [2.75, 3.05) is 11.9 Å². The Kier molecular flexibility index (Phi) is 3.10.